The van der Waals surface area contributed by atoms with Crippen molar-refractivity contribution in [1.29, 1.82) is 0 Å². The highest BCUT2D eigenvalue weighted by atomic mass is 32.1. The lowest BCUT2D eigenvalue weighted by atomic mass is 9.97. The van der Waals surface area contributed by atoms with Gasteiger partial charge in [0, 0.05) is 32.6 Å². The molecule has 4 nitrogen and oxygen atoms in total. The first kappa shape index (κ1) is 23.3. The predicted molar refractivity (Wildman–Crippen MR) is 145 cm³/mol. The largest absolute Gasteiger partial charge is 0.497 e. The number of benzene rings is 3. The monoisotopic (exact) mass is 483 g/mol. The van der Waals surface area contributed by atoms with Crippen molar-refractivity contribution in [3.8, 4) is 21.9 Å². The lowest BCUT2D eigenvalue weighted by molar-refractivity contribution is 0.104. The highest BCUT2D eigenvalue weighted by Gasteiger charge is 2.22. The van der Waals surface area contributed by atoms with Crippen LogP contribution in [0.1, 0.15) is 34.3 Å². The maximum absolute atomic E-state index is 13.8. The Bertz CT molecular complexity index is 1330. The molecule has 0 aliphatic carbocycles. The van der Waals surface area contributed by atoms with Gasteiger partial charge in [-0.1, -0.05) is 24.8 Å². The number of hydrogen-bond acceptors (Lipinski definition) is 5. The number of carbonyl (C=O) groups is 1. The Kier molecular flexibility index (Phi) is 6.98. The fraction of sp³-hybridized carbons (Fsp3) is 0.233. The Labute approximate surface area is 210 Å². The molecule has 1 saturated heterocycles. The summed E-state index contributed by atoms with van der Waals surface area (Å²) >= 11 is 1.63. The van der Waals surface area contributed by atoms with Crippen LogP contribution in [0, 0.1) is 0 Å². The van der Waals surface area contributed by atoms with E-state index in [1.807, 2.05) is 66.7 Å². The molecule has 0 amide bonds. The Hall–Kier alpha value is -3.41. The van der Waals surface area contributed by atoms with Crippen LogP contribution in [-0.4, -0.2) is 44.0 Å². The summed E-state index contributed by atoms with van der Waals surface area (Å²) in [7, 11) is 1.65. The van der Waals surface area contributed by atoms with Gasteiger partial charge in [0.15, 0.2) is 5.78 Å². The Morgan fingerprint density at radius 1 is 1.00 bits per heavy atom. The first-order chi connectivity index (χ1) is 17.2. The summed E-state index contributed by atoms with van der Waals surface area (Å²) in [5, 5.41) is 0.961. The number of rotatable bonds is 9. The van der Waals surface area contributed by atoms with Gasteiger partial charge >= 0.3 is 0 Å². The molecule has 0 radical (unpaired) electrons. The Morgan fingerprint density at radius 2 is 1.71 bits per heavy atom. The summed E-state index contributed by atoms with van der Waals surface area (Å²) < 4.78 is 12.3. The van der Waals surface area contributed by atoms with E-state index in [4.69, 9.17) is 9.47 Å². The number of carbonyl (C=O) groups excluding carboxylic acids is 1. The normalized spacial score (nSPS) is 13.7. The topological polar surface area (TPSA) is 38.8 Å². The van der Waals surface area contributed by atoms with E-state index in [0.717, 1.165) is 62.8 Å². The van der Waals surface area contributed by atoms with Gasteiger partial charge in [0.1, 0.15) is 18.1 Å². The second-order valence-electron chi connectivity index (χ2n) is 8.75. The van der Waals surface area contributed by atoms with Gasteiger partial charge in [-0.25, -0.2) is 0 Å². The number of fused-ring (bicyclic) bond motifs is 1. The summed E-state index contributed by atoms with van der Waals surface area (Å²) in [5.74, 6) is 1.59. The molecule has 0 spiro atoms. The van der Waals surface area contributed by atoms with Crippen LogP contribution >= 0.6 is 11.3 Å². The van der Waals surface area contributed by atoms with E-state index in [0.29, 0.717) is 12.2 Å². The van der Waals surface area contributed by atoms with Crippen LogP contribution in [0.4, 0.5) is 0 Å². The molecule has 5 rings (SSSR count). The maximum atomic E-state index is 13.8. The van der Waals surface area contributed by atoms with Gasteiger partial charge in [0.25, 0.3) is 0 Å². The number of ketones is 1. The number of likely N-dealkylation sites (tertiary alicyclic amines) is 1. The van der Waals surface area contributed by atoms with Crippen molar-refractivity contribution in [2.75, 3.05) is 33.4 Å². The molecule has 1 aliphatic rings. The van der Waals surface area contributed by atoms with Crippen LogP contribution in [0.3, 0.4) is 0 Å². The predicted octanol–water partition coefficient (Wildman–Crippen LogP) is 6.93. The van der Waals surface area contributed by atoms with Crippen molar-refractivity contribution in [2.24, 2.45) is 0 Å². The first-order valence-corrected chi connectivity index (χ1v) is 12.8. The fourth-order valence-corrected chi connectivity index (χ4v) is 5.81. The van der Waals surface area contributed by atoms with Crippen LogP contribution in [0.5, 0.6) is 11.5 Å². The highest BCUT2D eigenvalue weighted by molar-refractivity contribution is 7.22. The van der Waals surface area contributed by atoms with Gasteiger partial charge in [0.2, 0.25) is 0 Å². The van der Waals surface area contributed by atoms with Crippen LogP contribution in [0.15, 0.2) is 73.3 Å². The Balaban J connectivity index is 1.44. The van der Waals surface area contributed by atoms with Crippen molar-refractivity contribution in [3.63, 3.8) is 0 Å². The number of thiophene rings is 1. The average molecular weight is 484 g/mol. The van der Waals surface area contributed by atoms with Crippen molar-refractivity contribution in [3.05, 3.63) is 90.0 Å². The van der Waals surface area contributed by atoms with Crippen molar-refractivity contribution >= 4 is 33.3 Å². The number of hydrogen-bond donors (Lipinski definition) is 0. The second-order valence-corrected chi connectivity index (χ2v) is 9.80. The molecule has 4 aromatic rings. The summed E-state index contributed by atoms with van der Waals surface area (Å²) in [4.78, 5) is 17.2. The molecule has 5 heteroatoms. The molecule has 178 valence electrons. The average Bonchev–Trinajstić information content (AvgIpc) is 3.56. The minimum absolute atomic E-state index is 0.0111. The van der Waals surface area contributed by atoms with E-state index in [2.05, 4.69) is 17.5 Å². The molecular formula is C30H29NO3S. The third kappa shape index (κ3) is 5.02. The number of nitrogens with zero attached hydrogens (tertiary/aromatic N) is 1. The van der Waals surface area contributed by atoms with Crippen LogP contribution in [-0.2, 0) is 0 Å². The number of ether oxygens (including phenoxy) is 2. The van der Waals surface area contributed by atoms with Gasteiger partial charge in [-0.2, -0.15) is 0 Å². The SMILES string of the molecule is C=Cc1ccc2c(C(=O)c3ccc(OCCN4CCCC4)cc3)c(-c3ccc(OC)cc3)sc2c1. The quantitative estimate of drug-likeness (QED) is 0.242. The molecule has 0 atom stereocenters. The first-order valence-electron chi connectivity index (χ1n) is 12.0. The van der Waals surface area contributed by atoms with Gasteiger partial charge in [-0.05, 0) is 91.7 Å². The van der Waals surface area contributed by atoms with Gasteiger partial charge in [-0.3, -0.25) is 9.69 Å². The fourth-order valence-electron chi connectivity index (χ4n) is 4.56. The zero-order valence-electron chi connectivity index (χ0n) is 20.0. The van der Waals surface area contributed by atoms with Crippen LogP contribution < -0.4 is 9.47 Å². The maximum Gasteiger partial charge on any atom is 0.195 e. The van der Waals surface area contributed by atoms with E-state index in [1.165, 1.54) is 12.8 Å². The molecule has 1 aliphatic heterocycles. The van der Waals surface area contributed by atoms with Crippen molar-refractivity contribution in [1.82, 2.24) is 4.90 Å². The molecule has 0 unspecified atom stereocenters. The molecule has 1 fully saturated rings. The smallest absolute Gasteiger partial charge is 0.195 e. The van der Waals surface area contributed by atoms with Crippen LogP contribution in [0.2, 0.25) is 0 Å². The summed E-state index contributed by atoms with van der Waals surface area (Å²) in [6.07, 6.45) is 4.39. The van der Waals surface area contributed by atoms with Crippen LogP contribution in [0.25, 0.3) is 26.6 Å². The Morgan fingerprint density at radius 3 is 2.40 bits per heavy atom. The zero-order valence-corrected chi connectivity index (χ0v) is 20.8. The minimum atomic E-state index is 0.0111. The molecular weight excluding hydrogens is 454 g/mol. The van der Waals surface area contributed by atoms with E-state index in [-0.39, 0.29) is 5.78 Å². The van der Waals surface area contributed by atoms with Gasteiger partial charge < -0.3 is 9.47 Å². The molecule has 0 bridgehead atoms. The molecule has 0 N–H and O–H groups in total. The van der Waals surface area contributed by atoms with Gasteiger partial charge in [-0.15, -0.1) is 11.3 Å². The molecule has 2 heterocycles. The highest BCUT2D eigenvalue weighted by Crippen LogP contribution is 2.41. The number of methoxy groups -OCH3 is 1. The molecule has 35 heavy (non-hydrogen) atoms. The summed E-state index contributed by atoms with van der Waals surface area (Å²) in [5.41, 5.74) is 3.42. The van der Waals surface area contributed by atoms with E-state index in [1.54, 1.807) is 18.4 Å². The summed E-state index contributed by atoms with van der Waals surface area (Å²) in [6, 6.07) is 21.5. The minimum Gasteiger partial charge on any atom is -0.497 e. The second kappa shape index (κ2) is 10.5. The third-order valence-electron chi connectivity index (χ3n) is 6.52. The van der Waals surface area contributed by atoms with E-state index < -0.39 is 0 Å². The summed E-state index contributed by atoms with van der Waals surface area (Å²) in [6.45, 7) is 7.82. The van der Waals surface area contributed by atoms with Crippen molar-refractivity contribution in [2.45, 2.75) is 12.8 Å². The van der Waals surface area contributed by atoms with E-state index >= 15 is 0 Å². The van der Waals surface area contributed by atoms with E-state index in [9.17, 15) is 4.79 Å². The lowest BCUT2D eigenvalue weighted by Gasteiger charge is -2.15. The van der Waals surface area contributed by atoms with Gasteiger partial charge in [0.05, 0.1) is 7.11 Å². The third-order valence-corrected chi connectivity index (χ3v) is 7.72. The molecule has 3 aromatic carbocycles. The molecule has 0 saturated carbocycles. The molecule has 1 aromatic heterocycles. The van der Waals surface area contributed by atoms with Crippen molar-refractivity contribution < 1.29 is 14.3 Å². The zero-order chi connectivity index (χ0) is 24.2. The standard InChI is InChI=1S/C30H29NO3S/c1-3-21-6-15-26-27(20-21)35-30(23-9-11-24(33-2)12-10-23)28(26)29(32)22-7-13-25(14-8-22)34-19-18-31-16-4-5-17-31/h3,6-15,20H,1,4-5,16-19H2,2H3. The lowest BCUT2D eigenvalue weighted by Crippen LogP contribution is -2.25.